The summed E-state index contributed by atoms with van der Waals surface area (Å²) in [7, 11) is 0. The molecule has 0 bridgehead atoms. The molecule has 1 aromatic rings. The second kappa shape index (κ2) is 5.57. The maximum absolute atomic E-state index is 12.6. The summed E-state index contributed by atoms with van der Waals surface area (Å²) in [5.41, 5.74) is 0.875. The number of nitrogens with one attached hydrogen (secondary N) is 2. The molecule has 1 aliphatic rings. The molecule has 2 atom stereocenters. The SMILES string of the molecule is CC1(C(=O)NC(c2ccccc2)C(C)(C)C)CCNC1. The van der Waals surface area contributed by atoms with Gasteiger partial charge >= 0.3 is 0 Å². The van der Waals surface area contributed by atoms with Gasteiger partial charge in [-0.15, -0.1) is 0 Å². The number of rotatable bonds is 3. The predicted molar refractivity (Wildman–Crippen MR) is 82.4 cm³/mol. The van der Waals surface area contributed by atoms with Crippen LogP contribution in [0.5, 0.6) is 0 Å². The molecule has 1 heterocycles. The normalized spacial score (nSPS) is 24.4. The van der Waals surface area contributed by atoms with Crippen LogP contribution >= 0.6 is 0 Å². The van der Waals surface area contributed by atoms with Gasteiger partial charge in [-0.1, -0.05) is 51.1 Å². The topological polar surface area (TPSA) is 41.1 Å². The molecule has 1 saturated heterocycles. The standard InChI is InChI=1S/C17H26N2O/c1-16(2,3)14(13-8-6-5-7-9-13)19-15(20)17(4)10-11-18-12-17/h5-9,14,18H,10-12H2,1-4H3,(H,19,20). The van der Waals surface area contributed by atoms with Gasteiger partial charge in [0.25, 0.3) is 0 Å². The van der Waals surface area contributed by atoms with Crippen LogP contribution in [0.25, 0.3) is 0 Å². The van der Waals surface area contributed by atoms with E-state index in [4.69, 9.17) is 0 Å². The van der Waals surface area contributed by atoms with Crippen molar-refractivity contribution in [2.45, 2.75) is 40.2 Å². The number of benzene rings is 1. The monoisotopic (exact) mass is 274 g/mol. The smallest absolute Gasteiger partial charge is 0.227 e. The van der Waals surface area contributed by atoms with Crippen LogP contribution in [0.3, 0.4) is 0 Å². The minimum Gasteiger partial charge on any atom is -0.348 e. The summed E-state index contributed by atoms with van der Waals surface area (Å²) in [5, 5.41) is 6.56. The maximum atomic E-state index is 12.6. The molecule has 1 amide bonds. The predicted octanol–water partition coefficient (Wildman–Crippen LogP) is 2.89. The summed E-state index contributed by atoms with van der Waals surface area (Å²) in [6.45, 7) is 10.2. The van der Waals surface area contributed by atoms with Gasteiger partial charge in [-0.05, 0) is 30.9 Å². The summed E-state index contributed by atoms with van der Waals surface area (Å²) in [6, 6.07) is 10.3. The molecule has 0 spiro atoms. The first-order chi connectivity index (χ1) is 9.33. The van der Waals surface area contributed by atoms with Gasteiger partial charge in [0.05, 0.1) is 11.5 Å². The van der Waals surface area contributed by atoms with Crippen LogP contribution in [0, 0.1) is 10.8 Å². The lowest BCUT2D eigenvalue weighted by atomic mass is 9.80. The fourth-order valence-electron chi connectivity index (χ4n) is 2.76. The third-order valence-corrected chi connectivity index (χ3v) is 4.19. The first-order valence-electron chi connectivity index (χ1n) is 7.40. The van der Waals surface area contributed by atoms with E-state index in [0.29, 0.717) is 0 Å². The number of hydrogen-bond donors (Lipinski definition) is 2. The fourth-order valence-corrected chi connectivity index (χ4v) is 2.76. The second-order valence-electron chi connectivity index (χ2n) is 7.17. The van der Waals surface area contributed by atoms with Gasteiger partial charge in [0.1, 0.15) is 0 Å². The van der Waals surface area contributed by atoms with Crippen molar-refractivity contribution >= 4 is 5.91 Å². The Bertz CT molecular complexity index is 456. The van der Waals surface area contributed by atoms with E-state index >= 15 is 0 Å². The zero-order chi connectivity index (χ0) is 14.8. The molecule has 2 rings (SSSR count). The average Bonchev–Trinajstić information content (AvgIpc) is 2.83. The van der Waals surface area contributed by atoms with Crippen molar-refractivity contribution in [3.63, 3.8) is 0 Å². The van der Waals surface area contributed by atoms with Crippen molar-refractivity contribution in [3.05, 3.63) is 35.9 Å². The Morgan fingerprint density at radius 1 is 1.30 bits per heavy atom. The molecule has 0 radical (unpaired) electrons. The van der Waals surface area contributed by atoms with Crippen molar-refractivity contribution in [2.24, 2.45) is 10.8 Å². The number of carbonyl (C=O) groups is 1. The summed E-state index contributed by atoms with van der Waals surface area (Å²) in [4.78, 5) is 12.6. The first-order valence-corrected chi connectivity index (χ1v) is 7.40. The van der Waals surface area contributed by atoms with Crippen molar-refractivity contribution in [3.8, 4) is 0 Å². The van der Waals surface area contributed by atoms with Gasteiger partial charge < -0.3 is 10.6 Å². The zero-order valence-corrected chi connectivity index (χ0v) is 13.0. The molecule has 3 heteroatoms. The van der Waals surface area contributed by atoms with Crippen LogP contribution in [0.2, 0.25) is 0 Å². The fraction of sp³-hybridized carbons (Fsp3) is 0.588. The molecule has 2 N–H and O–H groups in total. The molecule has 1 aliphatic heterocycles. The first kappa shape index (κ1) is 15.0. The lowest BCUT2D eigenvalue weighted by molar-refractivity contribution is -0.130. The lowest BCUT2D eigenvalue weighted by Gasteiger charge is -2.34. The van der Waals surface area contributed by atoms with E-state index in [9.17, 15) is 4.79 Å². The highest BCUT2D eigenvalue weighted by molar-refractivity contribution is 5.83. The van der Waals surface area contributed by atoms with Crippen LogP contribution in [-0.4, -0.2) is 19.0 Å². The van der Waals surface area contributed by atoms with Crippen LogP contribution in [0.4, 0.5) is 0 Å². The van der Waals surface area contributed by atoms with Crippen molar-refractivity contribution in [1.82, 2.24) is 10.6 Å². The maximum Gasteiger partial charge on any atom is 0.227 e. The third kappa shape index (κ3) is 3.21. The molecular formula is C17H26N2O. The molecule has 0 saturated carbocycles. The van der Waals surface area contributed by atoms with E-state index in [1.165, 1.54) is 5.56 Å². The Hall–Kier alpha value is -1.35. The molecule has 110 valence electrons. The molecule has 0 aromatic heterocycles. The summed E-state index contributed by atoms with van der Waals surface area (Å²) in [5.74, 6) is 0.159. The highest BCUT2D eigenvalue weighted by atomic mass is 16.2. The molecule has 20 heavy (non-hydrogen) atoms. The third-order valence-electron chi connectivity index (χ3n) is 4.19. The van der Waals surface area contributed by atoms with E-state index in [2.05, 4.69) is 43.5 Å². The minimum absolute atomic E-state index is 0.0145. The van der Waals surface area contributed by atoms with E-state index in [0.717, 1.165) is 19.5 Å². The zero-order valence-electron chi connectivity index (χ0n) is 13.0. The van der Waals surface area contributed by atoms with Crippen molar-refractivity contribution < 1.29 is 4.79 Å². The molecule has 3 nitrogen and oxygen atoms in total. The van der Waals surface area contributed by atoms with Crippen LogP contribution in [0.15, 0.2) is 30.3 Å². The van der Waals surface area contributed by atoms with Gasteiger partial charge in [-0.2, -0.15) is 0 Å². The highest BCUT2D eigenvalue weighted by Gasteiger charge is 2.39. The largest absolute Gasteiger partial charge is 0.348 e. The minimum atomic E-state index is -0.279. The Balaban J connectivity index is 2.19. The quantitative estimate of drug-likeness (QED) is 0.890. The summed E-state index contributed by atoms with van der Waals surface area (Å²) in [6.07, 6.45) is 0.907. The summed E-state index contributed by atoms with van der Waals surface area (Å²) < 4.78 is 0. The Labute approximate surface area is 122 Å². The van der Waals surface area contributed by atoms with E-state index in [1.54, 1.807) is 0 Å². The van der Waals surface area contributed by atoms with Gasteiger partial charge in [0.2, 0.25) is 5.91 Å². The average molecular weight is 274 g/mol. The molecule has 0 aliphatic carbocycles. The Kier molecular flexibility index (Phi) is 4.19. The van der Waals surface area contributed by atoms with Gasteiger partial charge in [0.15, 0.2) is 0 Å². The van der Waals surface area contributed by atoms with Gasteiger partial charge in [-0.25, -0.2) is 0 Å². The highest BCUT2D eigenvalue weighted by Crippen LogP contribution is 2.34. The Morgan fingerprint density at radius 2 is 1.95 bits per heavy atom. The Morgan fingerprint density at radius 3 is 2.45 bits per heavy atom. The van der Waals surface area contributed by atoms with Gasteiger partial charge in [-0.3, -0.25) is 4.79 Å². The lowest BCUT2D eigenvalue weighted by Crippen LogP contribution is -2.45. The van der Waals surface area contributed by atoms with Crippen LogP contribution in [0.1, 0.15) is 45.7 Å². The molecule has 1 aromatic carbocycles. The van der Waals surface area contributed by atoms with Gasteiger partial charge in [0, 0.05) is 6.54 Å². The molecule has 1 fully saturated rings. The van der Waals surface area contributed by atoms with E-state index in [1.807, 2.05) is 25.1 Å². The summed E-state index contributed by atoms with van der Waals surface area (Å²) >= 11 is 0. The van der Waals surface area contributed by atoms with E-state index < -0.39 is 0 Å². The number of hydrogen-bond acceptors (Lipinski definition) is 2. The van der Waals surface area contributed by atoms with Crippen LogP contribution in [-0.2, 0) is 4.79 Å². The van der Waals surface area contributed by atoms with Crippen LogP contribution < -0.4 is 10.6 Å². The number of carbonyl (C=O) groups excluding carboxylic acids is 1. The van der Waals surface area contributed by atoms with Crippen molar-refractivity contribution in [2.75, 3.05) is 13.1 Å². The molecule has 2 unspecified atom stereocenters. The van der Waals surface area contributed by atoms with E-state index in [-0.39, 0.29) is 22.8 Å². The number of amides is 1. The second-order valence-corrected chi connectivity index (χ2v) is 7.17. The molecular weight excluding hydrogens is 248 g/mol. The van der Waals surface area contributed by atoms with Crippen molar-refractivity contribution in [1.29, 1.82) is 0 Å².